The molecule has 35 heavy (non-hydrogen) atoms. The maximum absolute atomic E-state index is 12.9. The summed E-state index contributed by atoms with van der Waals surface area (Å²) in [5, 5.41) is 0. The van der Waals surface area contributed by atoms with E-state index in [9.17, 15) is 18.0 Å². The van der Waals surface area contributed by atoms with Crippen molar-refractivity contribution in [2.24, 2.45) is 5.92 Å². The number of para-hydroxylation sites is 1. The van der Waals surface area contributed by atoms with Gasteiger partial charge in [-0.05, 0) is 86.7 Å². The number of hydrogen-bond donors (Lipinski definition) is 0. The van der Waals surface area contributed by atoms with Crippen molar-refractivity contribution in [3.8, 4) is 0 Å². The van der Waals surface area contributed by atoms with E-state index in [1.54, 1.807) is 30.3 Å². The fourth-order valence-electron chi connectivity index (χ4n) is 4.46. The van der Waals surface area contributed by atoms with Gasteiger partial charge in [-0.3, -0.25) is 14.5 Å². The molecule has 1 aliphatic rings. The number of carbonyl (C=O) groups excluding carboxylic acids is 2. The molecule has 6 nitrogen and oxygen atoms in total. The van der Waals surface area contributed by atoms with Crippen LogP contribution in [0.25, 0.3) is 0 Å². The highest BCUT2D eigenvalue weighted by atomic mass is 32.2. The molecule has 4 rings (SSSR count). The van der Waals surface area contributed by atoms with E-state index < -0.39 is 9.84 Å². The van der Waals surface area contributed by atoms with Crippen LogP contribution in [-0.4, -0.2) is 32.9 Å². The van der Waals surface area contributed by atoms with Crippen LogP contribution in [0.3, 0.4) is 0 Å². The minimum Gasteiger partial charge on any atom is -0.341 e. The standard InChI is InChI=1S/C28H30N2O4S/c1-4-29(24-8-6-5-7-9-24)27-17-12-23(18-31)28(20(27)2)30(21(3)32)25-13-15-26(16-14-25)35(33,34)19-22-10-11-22/h5-9,12-18,22H,4,10-11,19H2,1-3H3. The lowest BCUT2D eigenvalue weighted by molar-refractivity contribution is -0.115. The van der Waals surface area contributed by atoms with Crippen molar-refractivity contribution >= 4 is 44.8 Å². The Hall–Kier alpha value is -3.45. The number of nitrogens with zero attached hydrogens (tertiary/aromatic N) is 2. The molecular formula is C28H30N2O4S. The quantitative estimate of drug-likeness (QED) is 0.353. The van der Waals surface area contributed by atoms with Gasteiger partial charge in [-0.15, -0.1) is 0 Å². The second kappa shape index (κ2) is 10.0. The van der Waals surface area contributed by atoms with Crippen LogP contribution in [0.15, 0.2) is 71.6 Å². The van der Waals surface area contributed by atoms with Gasteiger partial charge in [0.1, 0.15) is 0 Å². The number of sulfone groups is 1. The SMILES string of the molecule is CCN(c1ccccc1)c1ccc(C=O)c(N(C(C)=O)c2ccc(S(=O)(=O)CC3CC3)cc2)c1C. The van der Waals surface area contributed by atoms with Gasteiger partial charge in [-0.2, -0.15) is 0 Å². The summed E-state index contributed by atoms with van der Waals surface area (Å²) in [4.78, 5) is 28.8. The Morgan fingerprint density at radius 2 is 1.63 bits per heavy atom. The molecule has 3 aromatic carbocycles. The van der Waals surface area contributed by atoms with Crippen LogP contribution in [-0.2, 0) is 14.6 Å². The van der Waals surface area contributed by atoms with Crippen molar-refractivity contribution in [1.82, 2.24) is 0 Å². The van der Waals surface area contributed by atoms with Crippen LogP contribution in [0, 0.1) is 12.8 Å². The van der Waals surface area contributed by atoms with Crippen molar-refractivity contribution in [2.75, 3.05) is 22.1 Å². The predicted octanol–water partition coefficient (Wildman–Crippen LogP) is 5.83. The number of benzene rings is 3. The fourth-order valence-corrected chi connectivity index (χ4v) is 6.15. The third kappa shape index (κ3) is 5.15. The van der Waals surface area contributed by atoms with Crippen molar-refractivity contribution in [3.05, 3.63) is 77.9 Å². The zero-order chi connectivity index (χ0) is 25.2. The van der Waals surface area contributed by atoms with E-state index in [1.165, 1.54) is 11.8 Å². The molecule has 182 valence electrons. The molecule has 0 heterocycles. The van der Waals surface area contributed by atoms with Crippen LogP contribution in [0.1, 0.15) is 42.6 Å². The van der Waals surface area contributed by atoms with Crippen molar-refractivity contribution in [1.29, 1.82) is 0 Å². The Labute approximate surface area is 207 Å². The molecule has 0 radical (unpaired) electrons. The van der Waals surface area contributed by atoms with Crippen LogP contribution < -0.4 is 9.80 Å². The third-order valence-electron chi connectivity index (χ3n) is 6.38. The Morgan fingerprint density at radius 3 is 2.17 bits per heavy atom. The summed E-state index contributed by atoms with van der Waals surface area (Å²) in [6, 6.07) is 19.9. The van der Waals surface area contributed by atoms with E-state index in [0.29, 0.717) is 23.5 Å². The van der Waals surface area contributed by atoms with E-state index in [1.807, 2.05) is 50.2 Å². The molecule has 0 spiro atoms. The highest BCUT2D eigenvalue weighted by Crippen LogP contribution is 2.39. The molecular weight excluding hydrogens is 460 g/mol. The van der Waals surface area contributed by atoms with Gasteiger partial charge in [0.2, 0.25) is 5.91 Å². The molecule has 0 unspecified atom stereocenters. The van der Waals surface area contributed by atoms with Crippen LogP contribution >= 0.6 is 0 Å². The lowest BCUT2D eigenvalue weighted by Gasteiger charge is -2.30. The maximum atomic E-state index is 12.9. The minimum absolute atomic E-state index is 0.158. The van der Waals surface area contributed by atoms with Gasteiger partial charge in [0.05, 0.1) is 16.3 Å². The molecule has 0 saturated heterocycles. The Balaban J connectivity index is 1.79. The molecule has 1 aliphatic carbocycles. The molecule has 0 N–H and O–H groups in total. The molecule has 1 saturated carbocycles. The molecule has 0 atom stereocenters. The second-order valence-electron chi connectivity index (χ2n) is 8.92. The number of hydrogen-bond acceptors (Lipinski definition) is 5. The fraction of sp³-hybridized carbons (Fsp3) is 0.286. The molecule has 1 fully saturated rings. The van der Waals surface area contributed by atoms with E-state index in [-0.39, 0.29) is 22.5 Å². The highest BCUT2D eigenvalue weighted by molar-refractivity contribution is 7.91. The van der Waals surface area contributed by atoms with Gasteiger partial charge in [0, 0.05) is 36.1 Å². The topological polar surface area (TPSA) is 74.8 Å². The first-order valence-electron chi connectivity index (χ1n) is 11.8. The van der Waals surface area contributed by atoms with E-state index in [2.05, 4.69) is 4.90 Å². The Kier molecular flexibility index (Phi) is 7.08. The van der Waals surface area contributed by atoms with Crippen LogP contribution in [0.5, 0.6) is 0 Å². The minimum atomic E-state index is -3.36. The summed E-state index contributed by atoms with van der Waals surface area (Å²) >= 11 is 0. The maximum Gasteiger partial charge on any atom is 0.228 e. The Bertz CT molecular complexity index is 1330. The first kappa shape index (κ1) is 24.7. The lowest BCUT2D eigenvalue weighted by Crippen LogP contribution is -2.26. The normalized spacial score (nSPS) is 13.3. The van der Waals surface area contributed by atoms with Gasteiger partial charge in [-0.25, -0.2) is 8.42 Å². The third-order valence-corrected chi connectivity index (χ3v) is 8.28. The van der Waals surface area contributed by atoms with Crippen LogP contribution in [0.4, 0.5) is 22.7 Å². The number of rotatable bonds is 9. The average Bonchev–Trinajstić information content (AvgIpc) is 3.66. The van der Waals surface area contributed by atoms with Gasteiger partial charge in [-0.1, -0.05) is 18.2 Å². The molecule has 0 aliphatic heterocycles. The summed E-state index contributed by atoms with van der Waals surface area (Å²) in [5.41, 5.74) is 4.05. The first-order chi connectivity index (χ1) is 16.8. The van der Waals surface area contributed by atoms with Crippen LogP contribution in [0.2, 0.25) is 0 Å². The summed E-state index contributed by atoms with van der Waals surface area (Å²) < 4.78 is 25.4. The van der Waals surface area contributed by atoms with Gasteiger partial charge < -0.3 is 4.90 Å². The zero-order valence-electron chi connectivity index (χ0n) is 20.3. The zero-order valence-corrected chi connectivity index (χ0v) is 21.1. The molecule has 7 heteroatoms. The summed E-state index contributed by atoms with van der Waals surface area (Å²) in [6.45, 7) is 6.07. The molecule has 0 bridgehead atoms. The monoisotopic (exact) mass is 490 g/mol. The van der Waals surface area contributed by atoms with Gasteiger partial charge >= 0.3 is 0 Å². The Morgan fingerprint density at radius 1 is 0.971 bits per heavy atom. The largest absolute Gasteiger partial charge is 0.341 e. The molecule has 1 amide bonds. The summed E-state index contributed by atoms with van der Waals surface area (Å²) in [7, 11) is -3.36. The predicted molar refractivity (Wildman–Crippen MR) is 140 cm³/mol. The van der Waals surface area contributed by atoms with E-state index >= 15 is 0 Å². The highest BCUT2D eigenvalue weighted by Gasteiger charge is 2.29. The summed E-state index contributed by atoms with van der Waals surface area (Å²) in [6.07, 6.45) is 2.66. The average molecular weight is 491 g/mol. The van der Waals surface area contributed by atoms with Crippen molar-refractivity contribution in [3.63, 3.8) is 0 Å². The number of anilines is 4. The smallest absolute Gasteiger partial charge is 0.228 e. The molecule has 3 aromatic rings. The molecule has 0 aromatic heterocycles. The van der Waals surface area contributed by atoms with Gasteiger partial charge in [0.15, 0.2) is 16.1 Å². The number of carbonyl (C=O) groups is 2. The van der Waals surface area contributed by atoms with E-state index in [0.717, 1.165) is 36.1 Å². The van der Waals surface area contributed by atoms with E-state index in [4.69, 9.17) is 0 Å². The van der Waals surface area contributed by atoms with Crippen molar-refractivity contribution < 1.29 is 18.0 Å². The lowest BCUT2D eigenvalue weighted by atomic mass is 10.0. The first-order valence-corrected chi connectivity index (χ1v) is 13.5. The second-order valence-corrected chi connectivity index (χ2v) is 11.0. The van der Waals surface area contributed by atoms with Crippen molar-refractivity contribution in [2.45, 2.75) is 38.5 Å². The number of amides is 1. The van der Waals surface area contributed by atoms with Gasteiger partial charge in [0.25, 0.3) is 0 Å². The number of aldehydes is 1. The summed E-state index contributed by atoms with van der Waals surface area (Å²) in [5.74, 6) is 0.135.